The van der Waals surface area contributed by atoms with Gasteiger partial charge in [-0.3, -0.25) is 0 Å². The van der Waals surface area contributed by atoms with Gasteiger partial charge < -0.3 is 4.74 Å². The van der Waals surface area contributed by atoms with Gasteiger partial charge in [-0.1, -0.05) is 13.3 Å². The van der Waals surface area contributed by atoms with Gasteiger partial charge >= 0.3 is 0 Å². The first-order valence-corrected chi connectivity index (χ1v) is 8.65. The van der Waals surface area contributed by atoms with E-state index in [1.807, 2.05) is 6.92 Å². The predicted octanol–water partition coefficient (Wildman–Crippen LogP) is 1.45. The molecule has 0 aliphatic carbocycles. The maximum absolute atomic E-state index is 12.1. The second-order valence-corrected chi connectivity index (χ2v) is 7.04. The smallest absolute Gasteiger partial charge is 0.233 e. The molecule has 2 heterocycles. The topological polar surface area (TPSA) is 72.4 Å². The third-order valence-electron chi connectivity index (χ3n) is 3.39. The Hall–Kier alpha value is -1.21. The normalized spacial score (nSPS) is 18.1. The van der Waals surface area contributed by atoms with Crippen molar-refractivity contribution in [1.29, 1.82) is 0 Å². The highest BCUT2D eigenvalue weighted by molar-refractivity contribution is 7.89. The summed E-state index contributed by atoms with van der Waals surface area (Å²) >= 11 is 0. The third-order valence-corrected chi connectivity index (χ3v) is 5.34. The van der Waals surface area contributed by atoms with Gasteiger partial charge in [0.25, 0.3) is 0 Å². The Morgan fingerprint density at radius 3 is 2.75 bits per heavy atom. The van der Waals surface area contributed by atoms with Crippen LogP contribution in [0, 0.1) is 0 Å². The zero-order valence-corrected chi connectivity index (χ0v) is 12.6. The van der Waals surface area contributed by atoms with Gasteiger partial charge in [-0.2, -0.15) is 5.10 Å². The molecule has 0 bridgehead atoms. The van der Waals surface area contributed by atoms with Crippen LogP contribution in [-0.4, -0.2) is 47.9 Å². The molecule has 2 rings (SSSR count). The fourth-order valence-corrected chi connectivity index (χ4v) is 3.88. The molecule has 1 saturated heterocycles. The Bertz CT molecular complexity index is 499. The average Bonchev–Trinajstić information content (AvgIpc) is 2.47. The van der Waals surface area contributed by atoms with Crippen LogP contribution in [0.2, 0.25) is 0 Å². The van der Waals surface area contributed by atoms with Crippen molar-refractivity contribution in [2.45, 2.75) is 38.7 Å². The fraction of sp³-hybridized carbons (Fsp3) is 0.692. The molecule has 0 atom stereocenters. The van der Waals surface area contributed by atoms with Crippen molar-refractivity contribution in [2.24, 2.45) is 0 Å². The molecule has 1 aromatic heterocycles. The molecule has 7 heteroatoms. The summed E-state index contributed by atoms with van der Waals surface area (Å²) in [5.74, 6) is 0.749. The lowest BCUT2D eigenvalue weighted by Crippen LogP contribution is -2.42. The van der Waals surface area contributed by atoms with E-state index in [0.717, 1.165) is 12.8 Å². The van der Waals surface area contributed by atoms with Crippen LogP contribution in [0.5, 0.6) is 5.88 Å². The van der Waals surface area contributed by atoms with Crippen molar-refractivity contribution in [3.8, 4) is 5.88 Å². The van der Waals surface area contributed by atoms with Gasteiger partial charge in [0.15, 0.2) is 0 Å². The lowest BCUT2D eigenvalue weighted by Gasteiger charge is -2.31. The minimum absolute atomic E-state index is 0.0179. The predicted molar refractivity (Wildman–Crippen MR) is 75.9 cm³/mol. The number of sulfonamides is 1. The summed E-state index contributed by atoms with van der Waals surface area (Å²) in [7, 11) is -3.09. The molecule has 1 aliphatic heterocycles. The molecule has 0 spiro atoms. The Morgan fingerprint density at radius 1 is 1.40 bits per heavy atom. The van der Waals surface area contributed by atoms with E-state index in [2.05, 4.69) is 10.2 Å². The van der Waals surface area contributed by atoms with Crippen molar-refractivity contribution >= 4 is 10.0 Å². The van der Waals surface area contributed by atoms with Gasteiger partial charge in [0.1, 0.15) is 6.10 Å². The minimum Gasteiger partial charge on any atom is -0.473 e. The molecule has 1 aliphatic rings. The summed E-state index contributed by atoms with van der Waals surface area (Å²) in [6.07, 6.45) is 4.62. The molecule has 112 valence electrons. The molecule has 1 fully saturated rings. The minimum atomic E-state index is -3.09. The van der Waals surface area contributed by atoms with Crippen molar-refractivity contribution < 1.29 is 13.2 Å². The molecule has 0 saturated carbocycles. The number of nitrogens with zero attached hydrogens (tertiary/aromatic N) is 3. The van der Waals surface area contributed by atoms with Crippen LogP contribution in [0.15, 0.2) is 18.3 Å². The summed E-state index contributed by atoms with van der Waals surface area (Å²) in [6, 6.07) is 3.53. The number of unbranched alkanes of at least 4 members (excludes halogenated alkanes) is 1. The van der Waals surface area contributed by atoms with Crippen molar-refractivity contribution in [3.05, 3.63) is 18.3 Å². The summed E-state index contributed by atoms with van der Waals surface area (Å²) in [5, 5.41) is 7.63. The Morgan fingerprint density at radius 2 is 2.15 bits per heavy atom. The summed E-state index contributed by atoms with van der Waals surface area (Å²) in [6.45, 7) is 3.05. The van der Waals surface area contributed by atoms with Gasteiger partial charge in [-0.25, -0.2) is 12.7 Å². The highest BCUT2D eigenvalue weighted by Crippen LogP contribution is 2.19. The van der Waals surface area contributed by atoms with Crippen LogP contribution in [0.4, 0.5) is 0 Å². The van der Waals surface area contributed by atoms with E-state index in [-0.39, 0.29) is 11.9 Å². The van der Waals surface area contributed by atoms with E-state index >= 15 is 0 Å². The molecule has 0 N–H and O–H groups in total. The fourth-order valence-electron chi connectivity index (χ4n) is 2.20. The Labute approximate surface area is 120 Å². The highest BCUT2D eigenvalue weighted by atomic mass is 32.2. The number of hydrogen-bond acceptors (Lipinski definition) is 5. The summed E-state index contributed by atoms with van der Waals surface area (Å²) in [5.41, 5.74) is 0. The third kappa shape index (κ3) is 4.14. The van der Waals surface area contributed by atoms with Gasteiger partial charge in [-0.15, -0.1) is 5.10 Å². The largest absolute Gasteiger partial charge is 0.473 e. The van der Waals surface area contributed by atoms with Crippen molar-refractivity contribution in [1.82, 2.24) is 14.5 Å². The van der Waals surface area contributed by atoms with E-state index in [9.17, 15) is 8.42 Å². The second kappa shape index (κ2) is 6.99. The molecule has 0 amide bonds. The Kier molecular flexibility index (Phi) is 5.31. The summed E-state index contributed by atoms with van der Waals surface area (Å²) in [4.78, 5) is 0. The van der Waals surface area contributed by atoms with Gasteiger partial charge in [0, 0.05) is 25.4 Å². The quantitative estimate of drug-likeness (QED) is 0.795. The molecule has 0 unspecified atom stereocenters. The standard InChI is InChI=1S/C13H21N3O3S/c1-2-3-11-20(17,18)16-9-6-12(7-10-16)19-13-5-4-8-14-15-13/h4-5,8,12H,2-3,6-7,9-11H2,1H3. The van der Waals surface area contributed by atoms with Crippen LogP contribution >= 0.6 is 0 Å². The van der Waals surface area contributed by atoms with E-state index in [0.29, 0.717) is 31.8 Å². The average molecular weight is 299 g/mol. The van der Waals surface area contributed by atoms with E-state index in [4.69, 9.17) is 4.74 Å². The van der Waals surface area contributed by atoms with Crippen molar-refractivity contribution in [3.63, 3.8) is 0 Å². The molecule has 1 aromatic rings. The molecule has 6 nitrogen and oxygen atoms in total. The first-order valence-electron chi connectivity index (χ1n) is 7.04. The SMILES string of the molecule is CCCCS(=O)(=O)N1CCC(Oc2cccnn2)CC1. The van der Waals surface area contributed by atoms with Gasteiger partial charge in [0.05, 0.1) is 5.75 Å². The number of rotatable bonds is 6. The first kappa shape index (κ1) is 15.2. The van der Waals surface area contributed by atoms with Gasteiger partial charge in [0.2, 0.25) is 15.9 Å². The summed E-state index contributed by atoms with van der Waals surface area (Å²) < 4.78 is 31.4. The van der Waals surface area contributed by atoms with E-state index in [1.54, 1.807) is 22.6 Å². The van der Waals surface area contributed by atoms with Crippen molar-refractivity contribution in [2.75, 3.05) is 18.8 Å². The number of ether oxygens (including phenoxy) is 1. The van der Waals surface area contributed by atoms with Crippen LogP contribution in [0.25, 0.3) is 0 Å². The lowest BCUT2D eigenvalue weighted by atomic mass is 10.1. The molecular weight excluding hydrogens is 278 g/mol. The molecular formula is C13H21N3O3S. The van der Waals surface area contributed by atoms with Crippen LogP contribution in [0.3, 0.4) is 0 Å². The lowest BCUT2D eigenvalue weighted by molar-refractivity contribution is 0.128. The second-order valence-electron chi connectivity index (χ2n) is 4.95. The maximum atomic E-state index is 12.1. The van der Waals surface area contributed by atoms with E-state index in [1.165, 1.54) is 0 Å². The van der Waals surface area contributed by atoms with Crippen LogP contribution in [0.1, 0.15) is 32.6 Å². The monoisotopic (exact) mass is 299 g/mol. The zero-order valence-electron chi connectivity index (χ0n) is 11.7. The van der Waals surface area contributed by atoms with E-state index < -0.39 is 10.0 Å². The molecule has 20 heavy (non-hydrogen) atoms. The maximum Gasteiger partial charge on any atom is 0.233 e. The van der Waals surface area contributed by atoms with Crippen LogP contribution < -0.4 is 4.74 Å². The number of aromatic nitrogens is 2. The highest BCUT2D eigenvalue weighted by Gasteiger charge is 2.28. The number of hydrogen-bond donors (Lipinski definition) is 0. The molecule has 0 radical (unpaired) electrons. The molecule has 0 aromatic carbocycles. The number of piperidine rings is 1. The van der Waals surface area contributed by atoms with Gasteiger partial charge in [-0.05, 0) is 25.3 Å². The first-order chi connectivity index (χ1) is 9.62. The Balaban J connectivity index is 1.83. The zero-order chi connectivity index (χ0) is 14.4. The van der Waals surface area contributed by atoms with Crippen LogP contribution in [-0.2, 0) is 10.0 Å².